The van der Waals surface area contributed by atoms with Crippen LogP contribution in [-0.4, -0.2) is 49.5 Å². The van der Waals surface area contributed by atoms with Crippen molar-refractivity contribution in [3.8, 4) is 0 Å². The van der Waals surface area contributed by atoms with E-state index in [1.54, 1.807) is 4.90 Å². The van der Waals surface area contributed by atoms with E-state index in [1.165, 1.54) is 10.6 Å². The van der Waals surface area contributed by atoms with E-state index in [2.05, 4.69) is 5.32 Å². The monoisotopic (exact) mass is 529 g/mol. The second kappa shape index (κ2) is 12.6. The fraction of sp³-hybridized carbons (Fsp3) is 0.517. The standard InChI is InChI=1S/C29H43N3O4S/c1-9-25(28(34)30-29(5,6)7)31(20-24-13-10-12-21(2)18-24)27(33)14-11-17-32(37(8,35)36)26-19-22(3)15-16-23(26)4/h10,12-13,15-16,18-19,25H,9,11,14,17,20H2,1-8H3,(H,30,34)/t25-/m1/s1. The van der Waals surface area contributed by atoms with Gasteiger partial charge in [-0.1, -0.05) is 48.9 Å². The van der Waals surface area contributed by atoms with E-state index in [9.17, 15) is 18.0 Å². The van der Waals surface area contributed by atoms with Crippen molar-refractivity contribution < 1.29 is 18.0 Å². The number of carbonyl (C=O) groups is 2. The van der Waals surface area contributed by atoms with Crippen molar-refractivity contribution in [3.63, 3.8) is 0 Å². The number of nitrogens with one attached hydrogen (secondary N) is 1. The second-order valence-electron chi connectivity index (χ2n) is 10.9. The number of aryl methyl sites for hydroxylation is 3. The molecule has 0 aromatic heterocycles. The third-order valence-electron chi connectivity index (χ3n) is 6.11. The fourth-order valence-corrected chi connectivity index (χ4v) is 5.36. The SMILES string of the molecule is CC[C@H](C(=O)NC(C)(C)C)N(Cc1cccc(C)c1)C(=O)CCCN(c1cc(C)ccc1C)S(C)(=O)=O. The molecule has 0 aliphatic rings. The molecule has 1 N–H and O–H groups in total. The molecule has 0 radical (unpaired) electrons. The van der Waals surface area contributed by atoms with Crippen molar-refractivity contribution >= 4 is 27.5 Å². The summed E-state index contributed by atoms with van der Waals surface area (Å²) in [7, 11) is -3.54. The minimum absolute atomic E-state index is 0.127. The van der Waals surface area contributed by atoms with E-state index in [4.69, 9.17) is 0 Å². The lowest BCUT2D eigenvalue weighted by atomic mass is 10.0. The summed E-state index contributed by atoms with van der Waals surface area (Å²) in [5.74, 6) is -0.365. The molecule has 7 nitrogen and oxygen atoms in total. The number of benzene rings is 2. The molecular formula is C29H43N3O4S. The average Bonchev–Trinajstić information content (AvgIpc) is 2.76. The molecule has 37 heavy (non-hydrogen) atoms. The molecule has 2 aromatic rings. The van der Waals surface area contributed by atoms with Crippen molar-refractivity contribution in [2.24, 2.45) is 0 Å². The quantitative estimate of drug-likeness (QED) is 0.449. The molecule has 0 saturated heterocycles. The maximum atomic E-state index is 13.6. The third kappa shape index (κ3) is 9.18. The minimum atomic E-state index is -3.54. The Morgan fingerprint density at radius 1 is 1.00 bits per heavy atom. The molecule has 2 amide bonds. The number of carbonyl (C=O) groups excluding carboxylic acids is 2. The van der Waals surface area contributed by atoms with Gasteiger partial charge in [0.05, 0.1) is 11.9 Å². The number of nitrogens with zero attached hydrogens (tertiary/aromatic N) is 2. The first-order valence-electron chi connectivity index (χ1n) is 12.8. The minimum Gasteiger partial charge on any atom is -0.350 e. The Labute approximate surface area is 223 Å². The van der Waals surface area contributed by atoms with E-state index in [-0.39, 0.29) is 24.8 Å². The van der Waals surface area contributed by atoms with Gasteiger partial charge < -0.3 is 10.2 Å². The maximum Gasteiger partial charge on any atom is 0.243 e. The van der Waals surface area contributed by atoms with E-state index in [0.717, 1.165) is 22.3 Å². The molecule has 0 saturated carbocycles. The van der Waals surface area contributed by atoms with Crippen LogP contribution >= 0.6 is 0 Å². The molecule has 2 rings (SSSR count). The van der Waals surface area contributed by atoms with E-state index in [0.29, 0.717) is 25.1 Å². The first kappa shape index (κ1) is 30.4. The van der Waals surface area contributed by atoms with Gasteiger partial charge in [-0.2, -0.15) is 0 Å². The van der Waals surface area contributed by atoms with Crippen molar-refractivity contribution in [1.29, 1.82) is 0 Å². The summed E-state index contributed by atoms with van der Waals surface area (Å²) >= 11 is 0. The van der Waals surface area contributed by atoms with Crippen molar-refractivity contribution in [2.75, 3.05) is 17.1 Å². The smallest absolute Gasteiger partial charge is 0.243 e. The van der Waals surface area contributed by atoms with Crippen LogP contribution < -0.4 is 9.62 Å². The van der Waals surface area contributed by atoms with Gasteiger partial charge in [-0.05, 0) is 77.1 Å². The molecule has 8 heteroatoms. The number of rotatable bonds is 11. The highest BCUT2D eigenvalue weighted by molar-refractivity contribution is 7.92. The molecule has 204 valence electrons. The van der Waals surface area contributed by atoms with E-state index < -0.39 is 21.6 Å². The van der Waals surface area contributed by atoms with Crippen LogP contribution in [0.3, 0.4) is 0 Å². The normalized spacial score (nSPS) is 12.6. The first-order valence-corrected chi connectivity index (χ1v) is 14.7. The summed E-state index contributed by atoms with van der Waals surface area (Å²) in [4.78, 5) is 28.4. The first-order chi connectivity index (χ1) is 17.1. The molecule has 0 heterocycles. The summed E-state index contributed by atoms with van der Waals surface area (Å²) in [6.07, 6.45) is 2.12. The van der Waals surface area contributed by atoms with Gasteiger partial charge in [-0.25, -0.2) is 8.42 Å². The number of anilines is 1. The summed E-state index contributed by atoms with van der Waals surface area (Å²) < 4.78 is 26.6. The summed E-state index contributed by atoms with van der Waals surface area (Å²) in [6.45, 7) is 13.9. The van der Waals surface area contributed by atoms with Gasteiger partial charge >= 0.3 is 0 Å². The van der Waals surface area contributed by atoms with Crippen LogP contribution in [-0.2, 0) is 26.2 Å². The van der Waals surface area contributed by atoms with Crippen LogP contribution in [0.15, 0.2) is 42.5 Å². The molecule has 0 unspecified atom stereocenters. The van der Waals surface area contributed by atoms with Gasteiger partial charge in [0.15, 0.2) is 0 Å². The molecule has 1 atom stereocenters. The van der Waals surface area contributed by atoms with Crippen LogP contribution in [0.4, 0.5) is 5.69 Å². The van der Waals surface area contributed by atoms with Gasteiger partial charge in [0, 0.05) is 25.0 Å². The zero-order valence-electron chi connectivity index (χ0n) is 23.6. The van der Waals surface area contributed by atoms with Crippen LogP contribution in [0.25, 0.3) is 0 Å². The van der Waals surface area contributed by atoms with Crippen LogP contribution in [0, 0.1) is 20.8 Å². The molecule has 0 bridgehead atoms. The molecular weight excluding hydrogens is 486 g/mol. The highest BCUT2D eigenvalue weighted by Gasteiger charge is 2.31. The Bertz CT molecular complexity index is 1200. The predicted octanol–water partition coefficient (Wildman–Crippen LogP) is 4.88. The lowest BCUT2D eigenvalue weighted by molar-refractivity contribution is -0.142. The lowest BCUT2D eigenvalue weighted by Gasteiger charge is -2.33. The number of hydrogen-bond donors (Lipinski definition) is 1. The van der Waals surface area contributed by atoms with Crippen LogP contribution in [0.1, 0.15) is 69.2 Å². The maximum absolute atomic E-state index is 13.6. The molecule has 0 aliphatic carbocycles. The van der Waals surface area contributed by atoms with Crippen LogP contribution in [0.2, 0.25) is 0 Å². The zero-order chi connectivity index (χ0) is 28.0. The van der Waals surface area contributed by atoms with Gasteiger partial charge in [0.25, 0.3) is 0 Å². The second-order valence-corrected chi connectivity index (χ2v) is 12.8. The Morgan fingerprint density at radius 2 is 1.65 bits per heavy atom. The van der Waals surface area contributed by atoms with E-state index in [1.807, 2.05) is 90.9 Å². The molecule has 0 aliphatic heterocycles. The number of sulfonamides is 1. The lowest BCUT2D eigenvalue weighted by Crippen LogP contribution is -2.53. The topological polar surface area (TPSA) is 86.8 Å². The fourth-order valence-electron chi connectivity index (χ4n) is 4.35. The highest BCUT2D eigenvalue weighted by Crippen LogP contribution is 2.25. The highest BCUT2D eigenvalue weighted by atomic mass is 32.2. The predicted molar refractivity (Wildman–Crippen MR) is 151 cm³/mol. The summed E-state index contributed by atoms with van der Waals surface area (Å²) in [6, 6.07) is 13.0. The van der Waals surface area contributed by atoms with E-state index >= 15 is 0 Å². The average molecular weight is 530 g/mol. The molecule has 2 aromatic carbocycles. The number of amides is 2. The summed E-state index contributed by atoms with van der Waals surface area (Å²) in [5.41, 5.74) is 4.05. The largest absolute Gasteiger partial charge is 0.350 e. The Balaban J connectivity index is 2.28. The molecule has 0 spiro atoms. The summed E-state index contributed by atoms with van der Waals surface area (Å²) in [5, 5.41) is 3.01. The Hall–Kier alpha value is -2.87. The van der Waals surface area contributed by atoms with Gasteiger partial charge in [0.1, 0.15) is 6.04 Å². The third-order valence-corrected chi connectivity index (χ3v) is 7.28. The Morgan fingerprint density at radius 3 is 2.22 bits per heavy atom. The van der Waals surface area contributed by atoms with Crippen molar-refractivity contribution in [3.05, 3.63) is 64.7 Å². The van der Waals surface area contributed by atoms with Gasteiger partial charge in [-0.15, -0.1) is 0 Å². The zero-order valence-corrected chi connectivity index (χ0v) is 24.4. The van der Waals surface area contributed by atoms with Crippen molar-refractivity contribution in [1.82, 2.24) is 10.2 Å². The molecule has 0 fully saturated rings. The van der Waals surface area contributed by atoms with Crippen molar-refractivity contribution in [2.45, 2.75) is 85.9 Å². The van der Waals surface area contributed by atoms with Gasteiger partial charge in [0.2, 0.25) is 21.8 Å². The van der Waals surface area contributed by atoms with Gasteiger partial charge in [-0.3, -0.25) is 13.9 Å². The Kier molecular flexibility index (Phi) is 10.3. The number of hydrogen-bond acceptors (Lipinski definition) is 4. The van der Waals surface area contributed by atoms with Crippen LogP contribution in [0.5, 0.6) is 0 Å².